The van der Waals surface area contributed by atoms with Gasteiger partial charge < -0.3 is 9.47 Å². The van der Waals surface area contributed by atoms with Crippen LogP contribution < -0.4 is 9.47 Å². The maximum absolute atomic E-state index is 12.5. The minimum atomic E-state index is -0.272. The number of carbonyl (C=O) groups is 2. The zero-order valence-electron chi connectivity index (χ0n) is 21.3. The van der Waals surface area contributed by atoms with Crippen LogP contribution in [0.2, 0.25) is 0 Å². The highest BCUT2D eigenvalue weighted by atomic mass is 16.5. The summed E-state index contributed by atoms with van der Waals surface area (Å²) in [6, 6.07) is 32.2. The highest BCUT2D eigenvalue weighted by molar-refractivity contribution is 6.27. The fourth-order valence-electron chi connectivity index (χ4n) is 5.31. The Hall–Kier alpha value is -4.70. The van der Waals surface area contributed by atoms with E-state index in [4.69, 9.17) is 9.47 Å². The normalized spacial score (nSPS) is 11.3. The van der Waals surface area contributed by atoms with Crippen LogP contribution in [0.15, 0.2) is 97.1 Å². The molecule has 0 bridgehead atoms. The van der Waals surface area contributed by atoms with E-state index in [1.54, 1.807) is 13.8 Å². The van der Waals surface area contributed by atoms with Gasteiger partial charge in [-0.2, -0.15) is 0 Å². The van der Waals surface area contributed by atoms with Crippen LogP contribution in [0, 0.1) is 0 Å². The van der Waals surface area contributed by atoms with Gasteiger partial charge in [0.05, 0.1) is 0 Å². The van der Waals surface area contributed by atoms with Crippen molar-refractivity contribution in [2.75, 3.05) is 0 Å². The maximum Gasteiger partial charge on any atom is 0.310 e. The number of hydrogen-bond acceptors (Lipinski definition) is 4. The average Bonchev–Trinajstić information content (AvgIpc) is 2.97. The monoisotopic (exact) mass is 498 g/mol. The lowest BCUT2D eigenvalue weighted by atomic mass is 9.85. The van der Waals surface area contributed by atoms with Crippen LogP contribution in [0.5, 0.6) is 11.5 Å². The molecule has 0 atom stereocenters. The van der Waals surface area contributed by atoms with Crippen LogP contribution in [-0.4, -0.2) is 11.9 Å². The number of carbonyl (C=O) groups excluding carboxylic acids is 2. The third-order valence-corrected chi connectivity index (χ3v) is 7.02. The maximum atomic E-state index is 12.5. The predicted molar refractivity (Wildman–Crippen MR) is 154 cm³/mol. The number of fused-ring (bicyclic) bond motifs is 4. The van der Waals surface area contributed by atoms with Crippen molar-refractivity contribution in [2.45, 2.75) is 26.7 Å². The molecule has 4 nitrogen and oxygen atoms in total. The molecule has 0 saturated heterocycles. The average molecular weight is 499 g/mol. The summed E-state index contributed by atoms with van der Waals surface area (Å²) in [5, 5.41) is 7.43. The van der Waals surface area contributed by atoms with E-state index in [0.29, 0.717) is 11.5 Å². The van der Waals surface area contributed by atoms with Crippen molar-refractivity contribution in [1.82, 2.24) is 0 Å². The van der Waals surface area contributed by atoms with E-state index in [-0.39, 0.29) is 24.8 Å². The molecule has 186 valence electrons. The molecule has 0 radical (unpaired) electrons. The first kappa shape index (κ1) is 23.7. The van der Waals surface area contributed by atoms with Gasteiger partial charge in [-0.15, -0.1) is 0 Å². The van der Waals surface area contributed by atoms with E-state index in [0.717, 1.165) is 54.2 Å². The summed E-state index contributed by atoms with van der Waals surface area (Å²) < 4.78 is 11.9. The summed E-state index contributed by atoms with van der Waals surface area (Å²) in [7, 11) is 0. The Morgan fingerprint density at radius 2 is 0.684 bits per heavy atom. The van der Waals surface area contributed by atoms with Gasteiger partial charge in [-0.3, -0.25) is 9.59 Å². The van der Waals surface area contributed by atoms with Gasteiger partial charge in [0.1, 0.15) is 11.5 Å². The number of rotatable bonds is 5. The second-order valence-electron chi connectivity index (χ2n) is 9.25. The molecule has 0 aliphatic heterocycles. The molecule has 0 fully saturated rings. The van der Waals surface area contributed by atoms with E-state index in [2.05, 4.69) is 24.3 Å². The molecule has 0 aromatic heterocycles. The molecule has 0 amide bonds. The first-order valence-electron chi connectivity index (χ1n) is 12.9. The van der Waals surface area contributed by atoms with Crippen molar-refractivity contribution < 1.29 is 19.1 Å². The van der Waals surface area contributed by atoms with E-state index in [1.807, 2.05) is 72.8 Å². The van der Waals surface area contributed by atoms with Crippen molar-refractivity contribution >= 4 is 55.0 Å². The van der Waals surface area contributed by atoms with Crippen LogP contribution >= 0.6 is 0 Å². The SMILES string of the molecule is CCC(=O)Oc1c2ccccc2c(-c2c3ccccc3c(OC(=O)CC)c3ccccc23)c2ccccc12. The van der Waals surface area contributed by atoms with Gasteiger partial charge in [-0.05, 0) is 32.7 Å². The summed E-state index contributed by atoms with van der Waals surface area (Å²) in [6.07, 6.45) is 0.579. The first-order valence-corrected chi connectivity index (χ1v) is 12.9. The lowest BCUT2D eigenvalue weighted by Crippen LogP contribution is -2.07. The molecule has 0 heterocycles. The Bertz CT molecular complexity index is 1630. The molecule has 6 aromatic rings. The molecule has 6 rings (SSSR count). The second-order valence-corrected chi connectivity index (χ2v) is 9.25. The first-order chi connectivity index (χ1) is 18.6. The number of hydrogen-bond donors (Lipinski definition) is 0. The molecular weight excluding hydrogens is 472 g/mol. The summed E-state index contributed by atoms with van der Waals surface area (Å²) in [4.78, 5) is 24.9. The molecule has 4 heteroatoms. The molecule has 0 aliphatic carbocycles. The fraction of sp³-hybridized carbons (Fsp3) is 0.118. The van der Waals surface area contributed by atoms with Gasteiger partial charge in [-0.1, -0.05) is 111 Å². The summed E-state index contributed by atoms with van der Waals surface area (Å²) >= 11 is 0. The highest BCUT2D eigenvalue weighted by Crippen LogP contribution is 2.49. The second kappa shape index (κ2) is 9.64. The van der Waals surface area contributed by atoms with E-state index < -0.39 is 0 Å². The Kier molecular flexibility index (Phi) is 6.01. The van der Waals surface area contributed by atoms with Gasteiger partial charge in [-0.25, -0.2) is 0 Å². The summed E-state index contributed by atoms with van der Waals surface area (Å²) in [5.41, 5.74) is 2.10. The zero-order chi connectivity index (χ0) is 26.2. The van der Waals surface area contributed by atoms with Crippen molar-refractivity contribution in [3.63, 3.8) is 0 Å². The van der Waals surface area contributed by atoms with Gasteiger partial charge in [0.25, 0.3) is 0 Å². The molecule has 6 aromatic carbocycles. The Labute approximate surface area is 220 Å². The molecule has 0 N–H and O–H groups in total. The summed E-state index contributed by atoms with van der Waals surface area (Å²) in [6.45, 7) is 3.60. The quantitative estimate of drug-likeness (QED) is 0.136. The third kappa shape index (κ3) is 3.77. The smallest absolute Gasteiger partial charge is 0.310 e. The van der Waals surface area contributed by atoms with Crippen molar-refractivity contribution in [2.24, 2.45) is 0 Å². The van der Waals surface area contributed by atoms with Gasteiger partial charge in [0, 0.05) is 34.4 Å². The van der Waals surface area contributed by atoms with Gasteiger partial charge >= 0.3 is 11.9 Å². The predicted octanol–water partition coefficient (Wildman–Crippen LogP) is 8.60. The minimum Gasteiger partial charge on any atom is -0.425 e. The lowest BCUT2D eigenvalue weighted by molar-refractivity contribution is -0.134. The Balaban J connectivity index is 1.83. The number of benzene rings is 6. The number of ether oxygens (including phenoxy) is 2. The standard InChI is InChI=1S/C34H26O4/c1-3-29(35)37-33-25-17-9-5-13-21(25)31(22-14-6-10-18-26(22)33)32-23-15-7-11-19-27(23)34(38-30(36)4-2)28-20-12-8-16-24(28)32/h5-20H,3-4H2,1-2H3. The Morgan fingerprint density at radius 1 is 0.447 bits per heavy atom. The van der Waals surface area contributed by atoms with E-state index in [9.17, 15) is 9.59 Å². The number of esters is 2. The van der Waals surface area contributed by atoms with Crippen LogP contribution in [0.25, 0.3) is 54.2 Å². The van der Waals surface area contributed by atoms with Gasteiger partial charge in [0.15, 0.2) is 0 Å². The molecule has 38 heavy (non-hydrogen) atoms. The van der Waals surface area contributed by atoms with Crippen LogP contribution in [0.1, 0.15) is 26.7 Å². The van der Waals surface area contributed by atoms with Crippen molar-refractivity contribution in [3.8, 4) is 22.6 Å². The fourth-order valence-corrected chi connectivity index (χ4v) is 5.31. The van der Waals surface area contributed by atoms with Gasteiger partial charge in [0.2, 0.25) is 0 Å². The molecule has 0 spiro atoms. The van der Waals surface area contributed by atoms with E-state index >= 15 is 0 Å². The zero-order valence-corrected chi connectivity index (χ0v) is 21.3. The molecule has 0 unspecified atom stereocenters. The van der Waals surface area contributed by atoms with Crippen LogP contribution in [-0.2, 0) is 9.59 Å². The molecule has 0 aliphatic rings. The van der Waals surface area contributed by atoms with E-state index in [1.165, 1.54) is 0 Å². The molecule has 0 saturated carbocycles. The largest absolute Gasteiger partial charge is 0.425 e. The topological polar surface area (TPSA) is 52.6 Å². The lowest BCUT2D eigenvalue weighted by Gasteiger charge is -2.21. The highest BCUT2D eigenvalue weighted by Gasteiger charge is 2.23. The van der Waals surface area contributed by atoms with Crippen molar-refractivity contribution in [1.29, 1.82) is 0 Å². The minimum absolute atomic E-state index is 0.272. The third-order valence-electron chi connectivity index (χ3n) is 7.02. The van der Waals surface area contributed by atoms with Crippen LogP contribution in [0.4, 0.5) is 0 Å². The molecular formula is C34H26O4. The Morgan fingerprint density at radius 3 is 0.921 bits per heavy atom. The van der Waals surface area contributed by atoms with Crippen LogP contribution in [0.3, 0.4) is 0 Å². The summed E-state index contributed by atoms with van der Waals surface area (Å²) in [5.74, 6) is 0.611. The van der Waals surface area contributed by atoms with Crippen molar-refractivity contribution in [3.05, 3.63) is 97.1 Å².